The van der Waals surface area contributed by atoms with Crippen molar-refractivity contribution in [2.24, 2.45) is 5.73 Å². The first-order chi connectivity index (χ1) is 10.4. The Hall–Kier alpha value is -1.87. The minimum Gasteiger partial charge on any atom is -0.469 e. The number of nitrogens with two attached hydrogens (primary N) is 1. The highest BCUT2D eigenvalue weighted by atomic mass is 32.2. The third-order valence-corrected chi connectivity index (χ3v) is 5.15. The molecule has 9 heteroatoms. The number of rotatable bonds is 6. The van der Waals surface area contributed by atoms with E-state index in [9.17, 15) is 14.4 Å². The number of nitrogens with zero attached hydrogens (tertiary/aromatic N) is 1. The molecule has 0 radical (unpaired) electrons. The molecule has 0 bridgehead atoms. The number of thioether (sulfide) groups is 1. The van der Waals surface area contributed by atoms with E-state index in [-0.39, 0.29) is 11.5 Å². The molecule has 0 saturated carbocycles. The number of carbonyl (C=O) groups excluding carboxylic acids is 2. The quantitative estimate of drug-likeness (QED) is 0.355. The highest BCUT2D eigenvalue weighted by Crippen LogP contribution is 2.27. The van der Waals surface area contributed by atoms with Crippen LogP contribution in [0.15, 0.2) is 9.95 Å². The van der Waals surface area contributed by atoms with Gasteiger partial charge < -0.3 is 15.5 Å². The fourth-order valence-electron chi connectivity index (χ4n) is 1.91. The maximum Gasteiger partial charge on any atom is 0.305 e. The molecule has 22 heavy (non-hydrogen) atoms. The number of thiophene rings is 1. The molecule has 0 unspecified atom stereocenters. The van der Waals surface area contributed by atoms with Crippen LogP contribution in [0, 0.1) is 6.92 Å². The van der Waals surface area contributed by atoms with Crippen molar-refractivity contribution in [2.75, 3.05) is 12.9 Å². The van der Waals surface area contributed by atoms with Crippen LogP contribution in [0.5, 0.6) is 0 Å². The Kier molecular flexibility index (Phi) is 5.19. The van der Waals surface area contributed by atoms with Gasteiger partial charge in [-0.3, -0.25) is 14.4 Å². The Morgan fingerprint density at radius 3 is 2.82 bits per heavy atom. The Labute approximate surface area is 134 Å². The Morgan fingerprint density at radius 1 is 1.45 bits per heavy atom. The molecule has 118 valence electrons. The second-order valence-corrected chi connectivity index (χ2v) is 6.58. The number of carbonyl (C=O) groups is 2. The SMILES string of the molecule is COC(=O)CCCSc1nc2sc(C(N)=O)c(C)c2c(=O)[nH]1. The van der Waals surface area contributed by atoms with E-state index in [2.05, 4.69) is 14.7 Å². The molecule has 0 aliphatic rings. The summed E-state index contributed by atoms with van der Waals surface area (Å²) in [5, 5.41) is 0.859. The van der Waals surface area contributed by atoms with Crippen molar-refractivity contribution in [1.29, 1.82) is 0 Å². The zero-order valence-electron chi connectivity index (χ0n) is 12.1. The van der Waals surface area contributed by atoms with Gasteiger partial charge in [0, 0.05) is 12.2 Å². The number of fused-ring (bicyclic) bond motifs is 1. The predicted octanol–water partition coefficient (Wildman–Crippen LogP) is 1.44. The van der Waals surface area contributed by atoms with Crippen LogP contribution in [0.3, 0.4) is 0 Å². The smallest absolute Gasteiger partial charge is 0.305 e. The van der Waals surface area contributed by atoms with Gasteiger partial charge in [-0.05, 0) is 18.9 Å². The Morgan fingerprint density at radius 2 is 2.18 bits per heavy atom. The second kappa shape index (κ2) is 6.93. The molecular weight excluding hydrogens is 326 g/mol. The lowest BCUT2D eigenvalue weighted by Gasteiger charge is -2.01. The average molecular weight is 341 g/mol. The number of aromatic amines is 1. The summed E-state index contributed by atoms with van der Waals surface area (Å²) in [7, 11) is 1.35. The summed E-state index contributed by atoms with van der Waals surface area (Å²) in [6.45, 7) is 1.68. The van der Waals surface area contributed by atoms with E-state index in [1.807, 2.05) is 0 Å². The van der Waals surface area contributed by atoms with E-state index in [1.165, 1.54) is 18.9 Å². The molecule has 7 nitrogen and oxygen atoms in total. The van der Waals surface area contributed by atoms with Crippen LogP contribution in [-0.2, 0) is 9.53 Å². The molecule has 0 fully saturated rings. The van der Waals surface area contributed by atoms with Crippen molar-refractivity contribution in [3.8, 4) is 0 Å². The molecule has 1 amide bonds. The number of aromatic nitrogens is 2. The number of hydrogen-bond donors (Lipinski definition) is 2. The topological polar surface area (TPSA) is 115 Å². The fraction of sp³-hybridized carbons (Fsp3) is 0.385. The van der Waals surface area contributed by atoms with E-state index >= 15 is 0 Å². The summed E-state index contributed by atoms with van der Waals surface area (Å²) < 4.78 is 4.55. The summed E-state index contributed by atoms with van der Waals surface area (Å²) in [5.41, 5.74) is 5.56. The molecule has 0 saturated heterocycles. The Balaban J connectivity index is 2.18. The third kappa shape index (κ3) is 3.47. The van der Waals surface area contributed by atoms with E-state index in [4.69, 9.17) is 5.73 Å². The number of methoxy groups -OCH3 is 1. The van der Waals surface area contributed by atoms with Gasteiger partial charge in [-0.25, -0.2) is 4.98 Å². The lowest BCUT2D eigenvalue weighted by Crippen LogP contribution is -2.12. The number of esters is 1. The number of amides is 1. The largest absolute Gasteiger partial charge is 0.469 e. The summed E-state index contributed by atoms with van der Waals surface area (Å²) in [6, 6.07) is 0. The number of H-pyrrole nitrogens is 1. The first-order valence-corrected chi connectivity index (χ1v) is 8.27. The number of ether oxygens (including phenoxy) is 1. The maximum absolute atomic E-state index is 12.1. The lowest BCUT2D eigenvalue weighted by atomic mass is 10.2. The van der Waals surface area contributed by atoms with Gasteiger partial charge >= 0.3 is 5.97 Å². The van der Waals surface area contributed by atoms with Crippen LogP contribution in [0.25, 0.3) is 10.2 Å². The Bertz CT molecular complexity index is 781. The van der Waals surface area contributed by atoms with Crippen molar-refractivity contribution in [3.05, 3.63) is 20.8 Å². The normalized spacial score (nSPS) is 10.8. The van der Waals surface area contributed by atoms with Crippen LogP contribution in [-0.4, -0.2) is 34.7 Å². The summed E-state index contributed by atoms with van der Waals surface area (Å²) in [5.74, 6) is -0.207. The van der Waals surface area contributed by atoms with Crippen molar-refractivity contribution in [3.63, 3.8) is 0 Å². The van der Waals surface area contributed by atoms with Gasteiger partial charge in [0.1, 0.15) is 4.83 Å². The van der Waals surface area contributed by atoms with Crippen LogP contribution in [0.1, 0.15) is 28.1 Å². The predicted molar refractivity (Wildman–Crippen MR) is 85.5 cm³/mol. The van der Waals surface area contributed by atoms with Crippen LogP contribution >= 0.6 is 23.1 Å². The fourth-order valence-corrected chi connectivity index (χ4v) is 3.81. The van der Waals surface area contributed by atoms with Crippen LogP contribution < -0.4 is 11.3 Å². The second-order valence-electron chi connectivity index (χ2n) is 4.50. The van der Waals surface area contributed by atoms with Gasteiger partial charge in [-0.15, -0.1) is 11.3 Å². The minimum absolute atomic E-state index is 0.266. The minimum atomic E-state index is -0.563. The first kappa shape index (κ1) is 16.5. The van der Waals surface area contributed by atoms with Gasteiger partial charge in [0.25, 0.3) is 11.5 Å². The number of nitrogens with one attached hydrogen (secondary N) is 1. The lowest BCUT2D eigenvalue weighted by molar-refractivity contribution is -0.140. The molecule has 2 heterocycles. The molecular formula is C13H15N3O4S2. The van der Waals surface area contributed by atoms with Gasteiger partial charge in [-0.1, -0.05) is 11.8 Å². The molecule has 3 N–H and O–H groups in total. The highest BCUT2D eigenvalue weighted by Gasteiger charge is 2.17. The molecule has 2 aromatic rings. The standard InChI is InChI=1S/C13H15N3O4S2/c1-6-8-11(19)15-13(21-5-3-4-7(17)20-2)16-12(8)22-9(6)10(14)18/h3-5H2,1-2H3,(H2,14,18)(H,15,16,19). The summed E-state index contributed by atoms with van der Waals surface area (Å²) >= 11 is 2.46. The van der Waals surface area contributed by atoms with E-state index in [1.54, 1.807) is 6.92 Å². The average Bonchev–Trinajstić information content (AvgIpc) is 2.81. The zero-order chi connectivity index (χ0) is 16.3. The first-order valence-electron chi connectivity index (χ1n) is 6.47. The molecule has 0 spiro atoms. The summed E-state index contributed by atoms with van der Waals surface area (Å²) in [6.07, 6.45) is 0.939. The van der Waals surface area contributed by atoms with Gasteiger partial charge in [-0.2, -0.15) is 0 Å². The number of primary amides is 1. The molecule has 0 aliphatic heterocycles. The molecule has 2 aromatic heterocycles. The van der Waals surface area contributed by atoms with E-state index in [0.29, 0.717) is 44.4 Å². The molecule has 0 aliphatic carbocycles. The monoisotopic (exact) mass is 341 g/mol. The molecule has 0 aromatic carbocycles. The van der Waals surface area contributed by atoms with E-state index in [0.717, 1.165) is 11.3 Å². The molecule has 2 rings (SSSR count). The van der Waals surface area contributed by atoms with Crippen LogP contribution in [0.4, 0.5) is 0 Å². The van der Waals surface area contributed by atoms with Crippen molar-refractivity contribution < 1.29 is 14.3 Å². The van der Waals surface area contributed by atoms with Gasteiger partial charge in [0.05, 0.1) is 17.4 Å². The maximum atomic E-state index is 12.1. The van der Waals surface area contributed by atoms with Crippen molar-refractivity contribution in [2.45, 2.75) is 24.9 Å². The van der Waals surface area contributed by atoms with E-state index < -0.39 is 5.91 Å². The summed E-state index contributed by atoms with van der Waals surface area (Å²) in [4.78, 5) is 42.3. The van der Waals surface area contributed by atoms with Gasteiger partial charge in [0.2, 0.25) is 0 Å². The zero-order valence-corrected chi connectivity index (χ0v) is 13.7. The number of hydrogen-bond acceptors (Lipinski definition) is 7. The number of aryl methyl sites for hydroxylation is 1. The van der Waals surface area contributed by atoms with Crippen molar-refractivity contribution in [1.82, 2.24) is 9.97 Å². The third-order valence-electron chi connectivity index (χ3n) is 2.99. The van der Waals surface area contributed by atoms with Crippen LogP contribution in [0.2, 0.25) is 0 Å². The van der Waals surface area contributed by atoms with Crippen molar-refractivity contribution >= 4 is 45.2 Å². The van der Waals surface area contributed by atoms with Gasteiger partial charge in [0.15, 0.2) is 5.16 Å². The highest BCUT2D eigenvalue weighted by molar-refractivity contribution is 7.99. The molecule has 0 atom stereocenters.